The van der Waals surface area contributed by atoms with Crippen LogP contribution < -0.4 is 0 Å². The number of rotatable bonds is 15. The minimum absolute atomic E-state index is 0.296. The number of aliphatic hydroxyl groups excluding tert-OH is 2. The monoisotopic (exact) mass is 410 g/mol. The molecule has 0 aromatic heterocycles. The number of aliphatic hydroxyl groups is 2. The topological polar surface area (TPSA) is 190 Å². The Labute approximate surface area is 164 Å². The van der Waals surface area contributed by atoms with Crippen molar-refractivity contribution in [2.75, 3.05) is 13.2 Å². The van der Waals surface area contributed by atoms with E-state index < -0.39 is 23.9 Å². The van der Waals surface area contributed by atoms with Crippen LogP contribution in [0.25, 0.3) is 0 Å². The van der Waals surface area contributed by atoms with Gasteiger partial charge >= 0.3 is 23.9 Å². The normalized spacial score (nSPS) is 9.36. The van der Waals surface area contributed by atoms with Crippen LogP contribution in [0.2, 0.25) is 0 Å². The average molecular weight is 410 g/mol. The molecule has 166 valence electrons. The lowest BCUT2D eigenvalue weighted by Crippen LogP contribution is -2.00. The zero-order valence-electron chi connectivity index (χ0n) is 16.2. The number of carboxylic acids is 4. The number of hydrogen-bond donors (Lipinski definition) is 6. The van der Waals surface area contributed by atoms with Gasteiger partial charge in [-0.1, -0.05) is 38.5 Å². The van der Waals surface area contributed by atoms with E-state index in [1.807, 2.05) is 0 Å². The van der Waals surface area contributed by atoms with Gasteiger partial charge in [-0.15, -0.1) is 0 Å². The van der Waals surface area contributed by atoms with Crippen molar-refractivity contribution in [3.8, 4) is 0 Å². The van der Waals surface area contributed by atoms with Crippen LogP contribution in [-0.4, -0.2) is 67.7 Å². The summed E-state index contributed by atoms with van der Waals surface area (Å²) < 4.78 is 0. The van der Waals surface area contributed by atoms with Gasteiger partial charge in [-0.2, -0.15) is 0 Å². The molecule has 6 N–H and O–H groups in total. The SMILES string of the molecule is O=C(O)CCC(=O)O.O=C(O)CCC(=O)O.OCCCCCCCCCCO. The lowest BCUT2D eigenvalue weighted by molar-refractivity contribution is -0.143. The van der Waals surface area contributed by atoms with Gasteiger partial charge in [0.1, 0.15) is 0 Å². The number of hydrogen-bond acceptors (Lipinski definition) is 6. The van der Waals surface area contributed by atoms with Crippen LogP contribution in [0, 0.1) is 0 Å². The molecule has 28 heavy (non-hydrogen) atoms. The van der Waals surface area contributed by atoms with Crippen molar-refractivity contribution >= 4 is 23.9 Å². The highest BCUT2D eigenvalue weighted by atomic mass is 16.4. The highest BCUT2D eigenvalue weighted by Crippen LogP contribution is 2.07. The van der Waals surface area contributed by atoms with Crippen molar-refractivity contribution in [3.05, 3.63) is 0 Å². The van der Waals surface area contributed by atoms with Gasteiger partial charge in [0.05, 0.1) is 25.7 Å². The summed E-state index contributed by atoms with van der Waals surface area (Å²) in [4.78, 5) is 38.6. The number of carboxylic acid groups (broad SMARTS) is 4. The summed E-state index contributed by atoms with van der Waals surface area (Å²) in [6.45, 7) is 0.676. The molecule has 0 saturated carbocycles. The highest BCUT2D eigenvalue weighted by molar-refractivity contribution is 5.75. The van der Waals surface area contributed by atoms with Crippen LogP contribution in [-0.2, 0) is 19.2 Å². The van der Waals surface area contributed by atoms with Crippen LogP contribution in [0.4, 0.5) is 0 Å². The molecule has 0 amide bonds. The Hall–Kier alpha value is -2.20. The molecule has 0 rings (SSSR count). The summed E-state index contributed by atoms with van der Waals surface area (Å²) >= 11 is 0. The van der Waals surface area contributed by atoms with Crippen LogP contribution in [0.15, 0.2) is 0 Å². The fourth-order valence-electron chi connectivity index (χ4n) is 1.71. The molecule has 0 aliphatic rings. The maximum absolute atomic E-state index is 9.64. The van der Waals surface area contributed by atoms with Crippen LogP contribution >= 0.6 is 0 Å². The van der Waals surface area contributed by atoms with Crippen molar-refractivity contribution in [1.82, 2.24) is 0 Å². The van der Waals surface area contributed by atoms with Crippen LogP contribution in [0.5, 0.6) is 0 Å². The first-order valence-corrected chi connectivity index (χ1v) is 9.26. The maximum atomic E-state index is 9.64. The van der Waals surface area contributed by atoms with E-state index in [0.717, 1.165) is 25.7 Å². The van der Waals surface area contributed by atoms with Crippen molar-refractivity contribution in [2.45, 2.75) is 77.0 Å². The van der Waals surface area contributed by atoms with Crippen LogP contribution in [0.1, 0.15) is 77.0 Å². The molecule has 0 spiro atoms. The second-order valence-electron chi connectivity index (χ2n) is 5.85. The van der Waals surface area contributed by atoms with E-state index in [0.29, 0.717) is 13.2 Å². The predicted octanol–water partition coefficient (Wildman–Crippen LogP) is 1.96. The maximum Gasteiger partial charge on any atom is 0.303 e. The summed E-state index contributed by atoms with van der Waals surface area (Å²) in [5.41, 5.74) is 0. The van der Waals surface area contributed by atoms with E-state index in [1.165, 1.54) is 25.7 Å². The van der Waals surface area contributed by atoms with Crippen molar-refractivity contribution < 1.29 is 49.8 Å². The number of unbranched alkanes of at least 4 members (excludes halogenated alkanes) is 7. The van der Waals surface area contributed by atoms with Crippen molar-refractivity contribution in [2.24, 2.45) is 0 Å². The van der Waals surface area contributed by atoms with Gasteiger partial charge in [0.15, 0.2) is 0 Å². The molecular weight excluding hydrogens is 376 g/mol. The van der Waals surface area contributed by atoms with Gasteiger partial charge < -0.3 is 30.6 Å². The second-order valence-corrected chi connectivity index (χ2v) is 5.85. The van der Waals surface area contributed by atoms with Gasteiger partial charge in [-0.05, 0) is 12.8 Å². The Bertz CT molecular complexity index is 343. The molecule has 0 fully saturated rings. The van der Waals surface area contributed by atoms with E-state index in [2.05, 4.69) is 0 Å². The zero-order valence-corrected chi connectivity index (χ0v) is 16.2. The van der Waals surface area contributed by atoms with E-state index in [-0.39, 0.29) is 25.7 Å². The summed E-state index contributed by atoms with van der Waals surface area (Å²) in [5.74, 6) is -4.31. The smallest absolute Gasteiger partial charge is 0.303 e. The minimum atomic E-state index is -1.08. The Balaban J connectivity index is -0.000000347. The summed E-state index contributed by atoms with van der Waals surface area (Å²) in [6.07, 6.45) is 8.12. The van der Waals surface area contributed by atoms with Gasteiger partial charge in [0.2, 0.25) is 0 Å². The predicted molar refractivity (Wildman–Crippen MR) is 100 cm³/mol. The first-order valence-electron chi connectivity index (χ1n) is 9.26. The second kappa shape index (κ2) is 24.8. The largest absolute Gasteiger partial charge is 0.481 e. The molecule has 0 aliphatic carbocycles. The minimum Gasteiger partial charge on any atom is -0.481 e. The van der Waals surface area contributed by atoms with Gasteiger partial charge in [-0.25, -0.2) is 0 Å². The summed E-state index contributed by atoms with van der Waals surface area (Å²) in [5, 5.41) is 48.6. The Morgan fingerprint density at radius 2 is 0.571 bits per heavy atom. The molecule has 0 aromatic carbocycles. The van der Waals surface area contributed by atoms with E-state index in [4.69, 9.17) is 30.6 Å². The van der Waals surface area contributed by atoms with Crippen molar-refractivity contribution in [3.63, 3.8) is 0 Å². The molecular formula is C18H34O10. The van der Waals surface area contributed by atoms with E-state index in [1.54, 1.807) is 0 Å². The lowest BCUT2D eigenvalue weighted by Gasteiger charge is -1.99. The van der Waals surface area contributed by atoms with E-state index in [9.17, 15) is 19.2 Å². The average Bonchev–Trinajstić information content (AvgIpc) is 2.61. The Morgan fingerprint density at radius 1 is 0.393 bits per heavy atom. The molecule has 0 heterocycles. The lowest BCUT2D eigenvalue weighted by atomic mass is 10.1. The Kier molecular flexibility index (Phi) is 27.0. The molecule has 10 heteroatoms. The van der Waals surface area contributed by atoms with Gasteiger partial charge in [-0.3, -0.25) is 19.2 Å². The van der Waals surface area contributed by atoms with Gasteiger partial charge in [0.25, 0.3) is 0 Å². The van der Waals surface area contributed by atoms with E-state index >= 15 is 0 Å². The molecule has 0 saturated heterocycles. The third-order valence-electron chi connectivity index (χ3n) is 3.17. The molecule has 0 unspecified atom stereocenters. The van der Waals surface area contributed by atoms with Gasteiger partial charge in [0, 0.05) is 13.2 Å². The fourth-order valence-corrected chi connectivity index (χ4v) is 1.71. The summed E-state index contributed by atoms with van der Waals surface area (Å²) in [6, 6.07) is 0. The zero-order chi connectivity index (χ0) is 22.2. The molecule has 0 aromatic rings. The van der Waals surface area contributed by atoms with Crippen molar-refractivity contribution in [1.29, 1.82) is 0 Å². The molecule has 0 radical (unpaired) electrons. The number of carbonyl (C=O) groups is 4. The third kappa shape index (κ3) is 43.8. The third-order valence-corrected chi connectivity index (χ3v) is 3.17. The first-order chi connectivity index (χ1) is 13.2. The highest BCUT2D eigenvalue weighted by Gasteiger charge is 2.01. The number of aliphatic carboxylic acids is 4. The standard InChI is InChI=1S/C10H22O2.2C4H6O4/c11-9-7-5-3-1-2-4-6-8-10-12;2*5-3(6)1-2-4(7)8/h11-12H,1-10H2;2*1-2H2,(H,5,6)(H,7,8). The molecule has 0 bridgehead atoms. The fraction of sp³-hybridized carbons (Fsp3) is 0.778. The quantitative estimate of drug-likeness (QED) is 0.218. The molecule has 10 nitrogen and oxygen atoms in total. The summed E-state index contributed by atoms with van der Waals surface area (Å²) in [7, 11) is 0. The molecule has 0 atom stereocenters. The Morgan fingerprint density at radius 3 is 0.714 bits per heavy atom. The van der Waals surface area contributed by atoms with Crippen LogP contribution in [0.3, 0.4) is 0 Å². The first kappa shape index (κ1) is 30.5. The molecule has 0 aliphatic heterocycles.